The fourth-order valence-electron chi connectivity index (χ4n) is 4.92. The molecule has 6 nitrogen and oxygen atoms in total. The molecule has 0 saturated heterocycles. The molecule has 0 saturated carbocycles. The number of thioether (sulfide) groups is 1. The standard InChI is InChI=1S/C32H32F2N4O2S/c1-20-6-5-7-25(16-20)38-31-28(30(36-38)32(2,3)4)29(22-10-14-24(34)15-11-22)41-19-27(40)37(31)18-26(39)35-17-21-8-12-23(33)13-9-21/h5-16,29H,17-19H2,1-4H3,(H,35,39)/t29-/m0/s1. The molecule has 1 aromatic heterocycles. The number of halogens is 2. The van der Waals surface area contributed by atoms with Gasteiger partial charge in [-0.05, 0) is 60.0 Å². The van der Waals surface area contributed by atoms with Gasteiger partial charge in [-0.15, -0.1) is 11.8 Å². The normalized spacial score (nSPS) is 15.4. The molecular weight excluding hydrogens is 542 g/mol. The van der Waals surface area contributed by atoms with E-state index in [1.807, 2.05) is 31.2 Å². The van der Waals surface area contributed by atoms with Gasteiger partial charge in [0.25, 0.3) is 0 Å². The highest BCUT2D eigenvalue weighted by atomic mass is 32.2. The van der Waals surface area contributed by atoms with Crippen LogP contribution in [0.1, 0.15) is 54.0 Å². The number of rotatable bonds is 6. The maximum atomic E-state index is 13.9. The number of nitrogens with one attached hydrogen (secondary N) is 1. The minimum atomic E-state index is -0.401. The zero-order chi connectivity index (χ0) is 29.3. The van der Waals surface area contributed by atoms with E-state index in [-0.39, 0.29) is 47.5 Å². The molecule has 0 unspecified atom stereocenters. The fourth-order valence-corrected chi connectivity index (χ4v) is 6.11. The number of hydrogen-bond acceptors (Lipinski definition) is 4. The topological polar surface area (TPSA) is 67.2 Å². The van der Waals surface area contributed by atoms with Crippen molar-refractivity contribution in [2.45, 2.75) is 44.9 Å². The van der Waals surface area contributed by atoms with Gasteiger partial charge < -0.3 is 5.32 Å². The molecule has 9 heteroatoms. The van der Waals surface area contributed by atoms with Crippen LogP contribution in [0.25, 0.3) is 5.69 Å². The maximum Gasteiger partial charge on any atom is 0.240 e. The minimum absolute atomic E-state index is 0.124. The maximum absolute atomic E-state index is 13.9. The molecule has 2 heterocycles. The lowest BCUT2D eigenvalue weighted by atomic mass is 9.87. The molecule has 4 aromatic rings. The quantitative estimate of drug-likeness (QED) is 0.296. The summed E-state index contributed by atoms with van der Waals surface area (Å²) >= 11 is 1.44. The third kappa shape index (κ3) is 6.20. The molecule has 0 radical (unpaired) electrons. The molecule has 1 N–H and O–H groups in total. The van der Waals surface area contributed by atoms with Crippen LogP contribution in [-0.2, 0) is 21.5 Å². The van der Waals surface area contributed by atoms with Crippen molar-refractivity contribution in [3.8, 4) is 5.69 Å². The molecule has 0 fully saturated rings. The Morgan fingerprint density at radius 2 is 1.68 bits per heavy atom. The lowest BCUT2D eigenvalue weighted by Crippen LogP contribution is -2.42. The molecule has 3 aromatic carbocycles. The van der Waals surface area contributed by atoms with Crippen molar-refractivity contribution >= 4 is 29.4 Å². The molecule has 0 bridgehead atoms. The zero-order valence-corrected chi connectivity index (χ0v) is 24.3. The van der Waals surface area contributed by atoms with E-state index in [2.05, 4.69) is 26.1 Å². The number of hydrogen-bond donors (Lipinski definition) is 1. The Morgan fingerprint density at radius 3 is 2.32 bits per heavy atom. The number of anilines is 1. The number of carbonyl (C=O) groups is 2. The van der Waals surface area contributed by atoms with Crippen molar-refractivity contribution in [2.75, 3.05) is 17.2 Å². The molecule has 0 spiro atoms. The Morgan fingerprint density at radius 1 is 1.02 bits per heavy atom. The summed E-state index contributed by atoms with van der Waals surface area (Å²) in [5.41, 5.74) is 4.61. The van der Waals surface area contributed by atoms with Crippen molar-refractivity contribution in [1.82, 2.24) is 15.1 Å². The van der Waals surface area contributed by atoms with E-state index >= 15 is 0 Å². The van der Waals surface area contributed by atoms with Gasteiger partial charge in [0, 0.05) is 17.5 Å². The van der Waals surface area contributed by atoms with Gasteiger partial charge in [0.05, 0.1) is 22.4 Å². The summed E-state index contributed by atoms with van der Waals surface area (Å²) in [6.07, 6.45) is 0. The van der Waals surface area contributed by atoms with E-state index in [9.17, 15) is 18.4 Å². The van der Waals surface area contributed by atoms with Crippen LogP contribution >= 0.6 is 11.8 Å². The first-order valence-electron chi connectivity index (χ1n) is 13.4. The molecule has 1 atom stereocenters. The Kier molecular flexibility index (Phi) is 8.00. The number of fused-ring (bicyclic) bond motifs is 1. The predicted molar refractivity (Wildman–Crippen MR) is 158 cm³/mol. The van der Waals surface area contributed by atoms with E-state index in [1.54, 1.807) is 28.9 Å². The van der Waals surface area contributed by atoms with Gasteiger partial charge in [0.1, 0.15) is 24.0 Å². The predicted octanol–water partition coefficient (Wildman–Crippen LogP) is 6.24. The summed E-state index contributed by atoms with van der Waals surface area (Å²) in [6, 6.07) is 20.0. The number of aryl methyl sites for hydroxylation is 1. The van der Waals surface area contributed by atoms with Crippen LogP contribution in [-0.4, -0.2) is 33.9 Å². The second-order valence-electron chi connectivity index (χ2n) is 11.2. The number of benzene rings is 3. The van der Waals surface area contributed by atoms with Crippen LogP contribution < -0.4 is 10.2 Å². The highest BCUT2D eigenvalue weighted by molar-refractivity contribution is 8.00. The summed E-state index contributed by atoms with van der Waals surface area (Å²) in [6.45, 7) is 8.16. The van der Waals surface area contributed by atoms with E-state index in [1.165, 1.54) is 40.9 Å². The third-order valence-electron chi connectivity index (χ3n) is 6.92. The average molecular weight is 575 g/mol. The highest BCUT2D eigenvalue weighted by Crippen LogP contribution is 2.48. The summed E-state index contributed by atoms with van der Waals surface area (Å²) < 4.78 is 29.0. The summed E-state index contributed by atoms with van der Waals surface area (Å²) in [7, 11) is 0. The summed E-state index contributed by atoms with van der Waals surface area (Å²) in [5.74, 6) is -0.619. The van der Waals surface area contributed by atoms with Crippen molar-refractivity contribution in [3.63, 3.8) is 0 Å². The van der Waals surface area contributed by atoms with Gasteiger partial charge in [-0.25, -0.2) is 13.5 Å². The van der Waals surface area contributed by atoms with Crippen LogP contribution in [0.4, 0.5) is 14.6 Å². The number of aromatic nitrogens is 2. The molecule has 0 aliphatic carbocycles. The Balaban J connectivity index is 1.63. The van der Waals surface area contributed by atoms with E-state index in [4.69, 9.17) is 5.10 Å². The van der Waals surface area contributed by atoms with Crippen molar-refractivity contribution in [2.24, 2.45) is 0 Å². The summed E-state index contributed by atoms with van der Waals surface area (Å²) in [5, 5.41) is 7.62. The van der Waals surface area contributed by atoms with E-state index in [0.717, 1.165) is 33.6 Å². The van der Waals surface area contributed by atoms with E-state index in [0.29, 0.717) is 5.82 Å². The lowest BCUT2D eigenvalue weighted by molar-refractivity contribution is -0.123. The lowest BCUT2D eigenvalue weighted by Gasteiger charge is -2.24. The first kappa shape index (κ1) is 28.5. The average Bonchev–Trinajstić information content (AvgIpc) is 3.27. The number of amides is 2. The van der Waals surface area contributed by atoms with Crippen LogP contribution in [0.15, 0.2) is 72.8 Å². The molecule has 212 valence electrons. The van der Waals surface area contributed by atoms with E-state index < -0.39 is 5.41 Å². The van der Waals surface area contributed by atoms with Gasteiger partial charge in [0.15, 0.2) is 0 Å². The SMILES string of the molecule is Cc1cccc(-n2nc(C(C)(C)C)c3c2N(CC(=O)NCc2ccc(F)cc2)C(=O)CS[C@H]3c2ccc(F)cc2)c1. The highest BCUT2D eigenvalue weighted by Gasteiger charge is 2.40. The smallest absolute Gasteiger partial charge is 0.240 e. The van der Waals surface area contributed by atoms with Crippen molar-refractivity contribution < 1.29 is 18.4 Å². The van der Waals surface area contributed by atoms with Gasteiger partial charge >= 0.3 is 0 Å². The van der Waals surface area contributed by atoms with Gasteiger partial charge in [0.2, 0.25) is 11.8 Å². The Hall–Kier alpha value is -3.98. The zero-order valence-electron chi connectivity index (χ0n) is 23.4. The number of nitrogens with zero attached hydrogens (tertiary/aromatic N) is 3. The fraction of sp³-hybridized carbons (Fsp3) is 0.281. The van der Waals surface area contributed by atoms with Crippen LogP contribution in [0.2, 0.25) is 0 Å². The van der Waals surface area contributed by atoms with Gasteiger partial charge in [-0.1, -0.05) is 57.2 Å². The second kappa shape index (κ2) is 11.5. The third-order valence-corrected chi connectivity index (χ3v) is 8.18. The van der Waals surface area contributed by atoms with Gasteiger partial charge in [-0.3, -0.25) is 14.5 Å². The molecule has 5 rings (SSSR count). The van der Waals surface area contributed by atoms with Gasteiger partial charge in [-0.2, -0.15) is 5.10 Å². The Bertz CT molecular complexity index is 1580. The molecular formula is C32H32F2N4O2S. The van der Waals surface area contributed by atoms with Crippen LogP contribution in [0.3, 0.4) is 0 Å². The monoisotopic (exact) mass is 574 g/mol. The van der Waals surface area contributed by atoms with Crippen LogP contribution in [0, 0.1) is 18.6 Å². The molecule has 41 heavy (non-hydrogen) atoms. The van der Waals surface area contributed by atoms with Crippen molar-refractivity contribution in [3.05, 3.63) is 112 Å². The molecule has 1 aliphatic heterocycles. The van der Waals surface area contributed by atoms with Crippen LogP contribution in [0.5, 0.6) is 0 Å². The number of carbonyl (C=O) groups excluding carboxylic acids is 2. The first-order valence-corrected chi connectivity index (χ1v) is 14.4. The molecule has 2 amide bonds. The Labute approximate surface area is 242 Å². The minimum Gasteiger partial charge on any atom is -0.350 e. The first-order chi connectivity index (χ1) is 19.5. The largest absolute Gasteiger partial charge is 0.350 e. The molecule has 1 aliphatic rings. The van der Waals surface area contributed by atoms with Crippen molar-refractivity contribution in [1.29, 1.82) is 0 Å². The summed E-state index contributed by atoms with van der Waals surface area (Å²) in [4.78, 5) is 28.5. The second-order valence-corrected chi connectivity index (χ2v) is 12.3.